The summed E-state index contributed by atoms with van der Waals surface area (Å²) in [6, 6.07) is 0. The standard InChI is InChI=1S/C26H54O4Si/c1-7-8-9-10-11-12-13-14-15-16-17-18-19-20-25(27)29-23-21-28-22-24-30-31(5,6)26(2,3)4/h7-24H2,1-6H3. The molecule has 0 amide bonds. The van der Waals surface area contributed by atoms with Crippen molar-refractivity contribution in [1.29, 1.82) is 0 Å². The van der Waals surface area contributed by atoms with Crippen molar-refractivity contribution in [2.45, 2.75) is 136 Å². The minimum Gasteiger partial charge on any atom is -0.463 e. The van der Waals surface area contributed by atoms with Crippen LogP contribution in [0.15, 0.2) is 0 Å². The molecule has 0 heterocycles. The van der Waals surface area contributed by atoms with Crippen LogP contribution in [-0.4, -0.2) is 40.7 Å². The van der Waals surface area contributed by atoms with Crippen LogP contribution in [0.5, 0.6) is 0 Å². The van der Waals surface area contributed by atoms with Crippen molar-refractivity contribution in [3.63, 3.8) is 0 Å². The molecule has 0 radical (unpaired) electrons. The Balaban J connectivity index is 3.34. The third-order valence-corrected chi connectivity index (χ3v) is 11.0. The van der Waals surface area contributed by atoms with Crippen LogP contribution < -0.4 is 0 Å². The zero-order valence-corrected chi connectivity index (χ0v) is 22.9. The van der Waals surface area contributed by atoms with Gasteiger partial charge in [-0.3, -0.25) is 4.79 Å². The van der Waals surface area contributed by atoms with E-state index in [1.54, 1.807) is 0 Å². The molecule has 0 spiro atoms. The van der Waals surface area contributed by atoms with Crippen LogP contribution >= 0.6 is 0 Å². The highest BCUT2D eigenvalue weighted by Crippen LogP contribution is 2.36. The molecular formula is C26H54O4Si. The lowest BCUT2D eigenvalue weighted by atomic mass is 10.0. The highest BCUT2D eigenvalue weighted by atomic mass is 28.4. The predicted octanol–water partition coefficient (Wildman–Crippen LogP) is 8.05. The summed E-state index contributed by atoms with van der Waals surface area (Å²) in [7, 11) is -1.70. The summed E-state index contributed by atoms with van der Waals surface area (Å²) in [5, 5.41) is 0.218. The van der Waals surface area contributed by atoms with Crippen molar-refractivity contribution in [1.82, 2.24) is 0 Å². The molecule has 0 aliphatic carbocycles. The summed E-state index contributed by atoms with van der Waals surface area (Å²) in [4.78, 5) is 11.8. The zero-order valence-electron chi connectivity index (χ0n) is 21.9. The minimum atomic E-state index is -1.70. The maximum atomic E-state index is 11.8. The van der Waals surface area contributed by atoms with Gasteiger partial charge in [-0.15, -0.1) is 0 Å². The van der Waals surface area contributed by atoms with Gasteiger partial charge in [-0.1, -0.05) is 105 Å². The fourth-order valence-electron chi connectivity index (χ4n) is 3.25. The Bertz CT molecular complexity index is 418. The van der Waals surface area contributed by atoms with E-state index >= 15 is 0 Å². The Hall–Kier alpha value is -0.393. The Morgan fingerprint density at radius 2 is 1.13 bits per heavy atom. The highest BCUT2D eigenvalue weighted by Gasteiger charge is 2.36. The van der Waals surface area contributed by atoms with Crippen LogP contribution in [-0.2, 0) is 18.7 Å². The summed E-state index contributed by atoms with van der Waals surface area (Å²) in [5.41, 5.74) is 0. The monoisotopic (exact) mass is 458 g/mol. The second kappa shape index (κ2) is 19.1. The van der Waals surface area contributed by atoms with E-state index in [0.717, 1.165) is 12.8 Å². The molecule has 0 unspecified atom stereocenters. The number of carbonyl (C=O) groups is 1. The summed E-state index contributed by atoms with van der Waals surface area (Å²) < 4.78 is 16.8. The molecule has 0 rings (SSSR count). The average Bonchev–Trinajstić information content (AvgIpc) is 2.69. The summed E-state index contributed by atoms with van der Waals surface area (Å²) in [6.07, 6.45) is 17.6. The van der Waals surface area contributed by atoms with Crippen LogP contribution in [0.2, 0.25) is 18.1 Å². The minimum absolute atomic E-state index is 0.0933. The summed E-state index contributed by atoms with van der Waals surface area (Å²) in [5.74, 6) is -0.0933. The molecule has 0 N–H and O–H groups in total. The van der Waals surface area contributed by atoms with Gasteiger partial charge in [-0.25, -0.2) is 0 Å². The van der Waals surface area contributed by atoms with Gasteiger partial charge in [0.1, 0.15) is 6.61 Å². The number of ether oxygens (including phenoxy) is 2. The van der Waals surface area contributed by atoms with Crippen molar-refractivity contribution in [3.05, 3.63) is 0 Å². The van der Waals surface area contributed by atoms with E-state index in [9.17, 15) is 4.79 Å². The molecule has 4 nitrogen and oxygen atoms in total. The summed E-state index contributed by atoms with van der Waals surface area (Å²) >= 11 is 0. The van der Waals surface area contributed by atoms with Crippen molar-refractivity contribution in [2.75, 3.05) is 26.4 Å². The van der Waals surface area contributed by atoms with Gasteiger partial charge in [0, 0.05) is 6.42 Å². The lowest BCUT2D eigenvalue weighted by Crippen LogP contribution is -2.41. The molecule has 0 aliphatic rings. The maximum absolute atomic E-state index is 11.8. The number of unbranched alkanes of at least 4 members (excludes halogenated alkanes) is 12. The lowest BCUT2D eigenvalue weighted by molar-refractivity contribution is -0.145. The van der Waals surface area contributed by atoms with E-state index < -0.39 is 8.32 Å². The molecule has 0 aromatic carbocycles. The largest absolute Gasteiger partial charge is 0.463 e. The van der Waals surface area contributed by atoms with Gasteiger partial charge in [0.2, 0.25) is 0 Å². The normalized spacial score (nSPS) is 12.3. The highest BCUT2D eigenvalue weighted by molar-refractivity contribution is 6.74. The molecule has 0 bridgehead atoms. The Morgan fingerprint density at radius 1 is 0.677 bits per heavy atom. The van der Waals surface area contributed by atoms with Crippen LogP contribution in [0.1, 0.15) is 118 Å². The quantitative estimate of drug-likeness (QED) is 0.0991. The first-order chi connectivity index (χ1) is 14.7. The predicted molar refractivity (Wildman–Crippen MR) is 135 cm³/mol. The number of hydrogen-bond donors (Lipinski definition) is 0. The summed E-state index contributed by atoms with van der Waals surface area (Å²) in [6.45, 7) is 15.4. The van der Waals surface area contributed by atoms with Gasteiger partial charge in [0.05, 0.1) is 19.8 Å². The molecular weight excluding hydrogens is 404 g/mol. The SMILES string of the molecule is CCCCCCCCCCCCCCCC(=O)OCCOCCO[Si](C)(C)C(C)(C)C. The second-order valence-corrected chi connectivity index (χ2v) is 15.2. The Labute approximate surface area is 195 Å². The van der Waals surface area contributed by atoms with E-state index in [1.165, 1.54) is 70.6 Å². The van der Waals surface area contributed by atoms with E-state index in [-0.39, 0.29) is 11.0 Å². The second-order valence-electron chi connectivity index (χ2n) is 10.4. The van der Waals surface area contributed by atoms with Crippen LogP contribution in [0.4, 0.5) is 0 Å². The number of esters is 1. The van der Waals surface area contributed by atoms with Crippen molar-refractivity contribution < 1.29 is 18.7 Å². The number of carbonyl (C=O) groups excluding carboxylic acids is 1. The van der Waals surface area contributed by atoms with Gasteiger partial charge in [-0.05, 0) is 24.6 Å². The van der Waals surface area contributed by atoms with Crippen molar-refractivity contribution in [2.24, 2.45) is 0 Å². The molecule has 5 heteroatoms. The van der Waals surface area contributed by atoms with Gasteiger partial charge in [-0.2, -0.15) is 0 Å². The number of hydrogen-bond acceptors (Lipinski definition) is 4. The smallest absolute Gasteiger partial charge is 0.305 e. The molecule has 0 atom stereocenters. The first-order valence-electron chi connectivity index (χ1n) is 13.1. The molecule has 0 aliphatic heterocycles. The molecule has 0 aromatic rings. The molecule has 0 saturated heterocycles. The van der Waals surface area contributed by atoms with E-state index in [2.05, 4.69) is 40.8 Å². The Morgan fingerprint density at radius 3 is 1.61 bits per heavy atom. The van der Waals surface area contributed by atoms with Crippen LogP contribution in [0, 0.1) is 0 Å². The first kappa shape index (κ1) is 30.6. The molecule has 186 valence electrons. The maximum Gasteiger partial charge on any atom is 0.305 e. The van der Waals surface area contributed by atoms with E-state index in [4.69, 9.17) is 13.9 Å². The Kier molecular flexibility index (Phi) is 18.9. The van der Waals surface area contributed by atoms with Gasteiger partial charge in [0.15, 0.2) is 8.32 Å². The molecule has 0 aromatic heterocycles. The molecule has 0 fully saturated rings. The zero-order chi connectivity index (χ0) is 23.4. The first-order valence-corrected chi connectivity index (χ1v) is 16.0. The van der Waals surface area contributed by atoms with Crippen LogP contribution in [0.25, 0.3) is 0 Å². The topological polar surface area (TPSA) is 44.8 Å². The van der Waals surface area contributed by atoms with E-state index in [1.807, 2.05) is 0 Å². The molecule has 0 saturated carbocycles. The number of rotatable bonds is 21. The fourth-order valence-corrected chi connectivity index (χ4v) is 4.27. The van der Waals surface area contributed by atoms with Gasteiger partial charge in [0.25, 0.3) is 0 Å². The van der Waals surface area contributed by atoms with Gasteiger partial charge < -0.3 is 13.9 Å². The third-order valence-electron chi connectivity index (χ3n) is 6.47. The molecule has 31 heavy (non-hydrogen) atoms. The third kappa shape index (κ3) is 18.8. The fraction of sp³-hybridized carbons (Fsp3) is 0.962. The van der Waals surface area contributed by atoms with Crippen LogP contribution in [0.3, 0.4) is 0 Å². The van der Waals surface area contributed by atoms with Gasteiger partial charge >= 0.3 is 5.97 Å². The van der Waals surface area contributed by atoms with E-state index in [0.29, 0.717) is 32.8 Å². The average molecular weight is 459 g/mol. The lowest BCUT2D eigenvalue weighted by Gasteiger charge is -2.36. The van der Waals surface area contributed by atoms with Crippen molar-refractivity contribution >= 4 is 14.3 Å². The van der Waals surface area contributed by atoms with Crippen molar-refractivity contribution in [3.8, 4) is 0 Å².